The summed E-state index contributed by atoms with van der Waals surface area (Å²) in [6.07, 6.45) is 5.30. The highest BCUT2D eigenvalue weighted by molar-refractivity contribution is 8.00. The maximum Gasteiger partial charge on any atom is 0.352 e. The van der Waals surface area contributed by atoms with Gasteiger partial charge in [-0.25, -0.2) is 4.79 Å². The molecule has 3 rings (SSSR count). The van der Waals surface area contributed by atoms with E-state index in [0.717, 1.165) is 35.7 Å². The Labute approximate surface area is 198 Å². The van der Waals surface area contributed by atoms with Crippen molar-refractivity contribution in [2.24, 2.45) is 0 Å². The average molecular weight is 496 g/mol. The second-order valence-corrected chi connectivity index (χ2v) is 9.36. The van der Waals surface area contributed by atoms with E-state index in [9.17, 15) is 24.3 Å². The lowest BCUT2D eigenvalue weighted by molar-refractivity contribution is -0.150. The molecular weight excluding hydrogens is 470 g/mol. The first-order valence-corrected chi connectivity index (χ1v) is 12.2. The number of carbonyl (C=O) groups is 4. The molecule has 1 aromatic rings. The van der Waals surface area contributed by atoms with Gasteiger partial charge in [0.2, 0.25) is 0 Å². The number of carbonyl (C=O) groups excluding carboxylic acids is 3. The van der Waals surface area contributed by atoms with Crippen LogP contribution in [0.5, 0.6) is 0 Å². The summed E-state index contributed by atoms with van der Waals surface area (Å²) in [5.41, 5.74) is 6.02. The highest BCUT2D eigenvalue weighted by Crippen LogP contribution is 2.40. The molecule has 2 aliphatic rings. The number of fused-ring (bicyclic) bond motifs is 1. The van der Waals surface area contributed by atoms with Crippen LogP contribution in [0, 0.1) is 0 Å². The number of hydrogen-bond donors (Lipinski definition) is 3. The number of aromatic nitrogens is 2. The fraction of sp³-hybridized carbons (Fsp3) is 0.500. The molecule has 178 valence electrons. The Kier molecular flexibility index (Phi) is 8.08. The zero-order valence-electron chi connectivity index (χ0n) is 18.2. The van der Waals surface area contributed by atoms with Crippen LogP contribution in [0.15, 0.2) is 17.3 Å². The quantitative estimate of drug-likeness (QED) is 0.187. The maximum absolute atomic E-state index is 13.0. The lowest BCUT2D eigenvalue weighted by atomic mass is 10.0. The van der Waals surface area contributed by atoms with E-state index in [1.807, 2.05) is 0 Å². The number of rotatable bonds is 10. The molecule has 13 heteroatoms. The van der Waals surface area contributed by atoms with Crippen LogP contribution in [-0.4, -0.2) is 66.9 Å². The number of β-lactam (4-membered cyclic amide) rings is 1. The third-order valence-corrected chi connectivity index (χ3v) is 6.95. The van der Waals surface area contributed by atoms with Gasteiger partial charge in [0, 0.05) is 29.8 Å². The van der Waals surface area contributed by atoms with Crippen LogP contribution in [0.1, 0.15) is 45.4 Å². The number of nitrogens with zero attached hydrogens (tertiary/aromatic N) is 3. The van der Waals surface area contributed by atoms with E-state index >= 15 is 0 Å². The number of aliphatic carboxylic acids is 1. The number of nitrogens with one attached hydrogen (secondary N) is 1. The van der Waals surface area contributed by atoms with Crippen molar-refractivity contribution < 1.29 is 29.0 Å². The molecule has 0 aliphatic carbocycles. The standard InChI is InChI=1S/C20H25N5O6S2/c1-3-4-5-6-7-12(15-23-20(21)33-24-15)16(27)22-13-17(28)25-14(19(29)30)11(8-31-10(2)26)9-32-18(13)25/h7,13,18H,3-6,8-9H2,1-2H3,(H,22,27)(H,29,30)(H2,21,23,24)/t13?,18-/m0/s1. The van der Waals surface area contributed by atoms with Crippen LogP contribution in [0.3, 0.4) is 0 Å². The van der Waals surface area contributed by atoms with Crippen LogP contribution in [-0.2, 0) is 23.9 Å². The van der Waals surface area contributed by atoms with Gasteiger partial charge in [0.1, 0.15) is 23.7 Å². The van der Waals surface area contributed by atoms with Crippen molar-refractivity contribution in [2.75, 3.05) is 18.1 Å². The Bertz CT molecular complexity index is 1020. The summed E-state index contributed by atoms with van der Waals surface area (Å²) in [4.78, 5) is 54.0. The number of allylic oxidation sites excluding steroid dienone is 1. The number of thioether (sulfide) groups is 1. The minimum atomic E-state index is -1.29. The molecule has 1 fully saturated rings. The van der Waals surface area contributed by atoms with E-state index in [2.05, 4.69) is 21.6 Å². The number of ether oxygens (including phenoxy) is 1. The molecule has 11 nitrogen and oxygen atoms in total. The first kappa shape index (κ1) is 24.7. The molecule has 33 heavy (non-hydrogen) atoms. The number of anilines is 1. The summed E-state index contributed by atoms with van der Waals surface area (Å²) < 4.78 is 9.04. The molecule has 2 aliphatic heterocycles. The number of amides is 2. The smallest absolute Gasteiger partial charge is 0.352 e. The second kappa shape index (κ2) is 10.8. The zero-order valence-corrected chi connectivity index (χ0v) is 19.8. The number of carboxylic acids is 1. The molecular formula is C20H25N5O6S2. The highest BCUT2D eigenvalue weighted by Gasteiger charge is 2.54. The molecule has 0 aromatic carbocycles. The summed E-state index contributed by atoms with van der Waals surface area (Å²) >= 11 is 2.26. The molecule has 3 heterocycles. The largest absolute Gasteiger partial charge is 0.477 e. The van der Waals surface area contributed by atoms with Crippen molar-refractivity contribution in [3.05, 3.63) is 23.2 Å². The van der Waals surface area contributed by atoms with E-state index in [1.165, 1.54) is 18.7 Å². The molecule has 1 aromatic heterocycles. The van der Waals surface area contributed by atoms with E-state index < -0.39 is 35.2 Å². The Morgan fingerprint density at radius 2 is 2.12 bits per heavy atom. The van der Waals surface area contributed by atoms with Crippen LogP contribution in [0.25, 0.3) is 5.57 Å². The van der Waals surface area contributed by atoms with Crippen molar-refractivity contribution in [1.82, 2.24) is 19.6 Å². The third kappa shape index (κ3) is 5.53. The van der Waals surface area contributed by atoms with Gasteiger partial charge in [-0.2, -0.15) is 9.36 Å². The minimum Gasteiger partial charge on any atom is -0.477 e. The molecule has 2 amide bonds. The van der Waals surface area contributed by atoms with E-state index in [0.29, 0.717) is 12.0 Å². The minimum absolute atomic E-state index is 0.196. The Balaban J connectivity index is 1.76. The predicted molar refractivity (Wildman–Crippen MR) is 123 cm³/mol. The molecule has 1 saturated heterocycles. The second-order valence-electron chi connectivity index (χ2n) is 7.47. The van der Waals surface area contributed by atoms with Gasteiger partial charge in [0.05, 0.1) is 5.57 Å². The highest BCUT2D eigenvalue weighted by atomic mass is 32.2. The molecule has 0 spiro atoms. The lowest BCUT2D eigenvalue weighted by Crippen LogP contribution is -2.70. The van der Waals surface area contributed by atoms with Gasteiger partial charge < -0.3 is 20.9 Å². The van der Waals surface area contributed by atoms with Gasteiger partial charge >= 0.3 is 11.9 Å². The van der Waals surface area contributed by atoms with Crippen LogP contribution in [0.4, 0.5) is 5.13 Å². The normalized spacial score (nSPS) is 20.2. The summed E-state index contributed by atoms with van der Waals surface area (Å²) in [5, 5.41) is 12.0. The number of carboxylic acid groups (broad SMARTS) is 1. The van der Waals surface area contributed by atoms with E-state index in [4.69, 9.17) is 10.5 Å². The Morgan fingerprint density at radius 1 is 1.36 bits per heavy atom. The first-order valence-electron chi connectivity index (χ1n) is 10.4. The summed E-state index contributed by atoms with van der Waals surface area (Å²) in [6, 6.07) is -0.901. The Morgan fingerprint density at radius 3 is 2.73 bits per heavy atom. The van der Waals surface area contributed by atoms with E-state index in [1.54, 1.807) is 6.08 Å². The van der Waals surface area contributed by atoms with Crippen LogP contribution < -0.4 is 11.1 Å². The number of unbranched alkanes of at least 4 members (excludes halogenated alkanes) is 3. The SMILES string of the molecule is CCCCCC=C(C(=O)NC1C(=O)N2C(C(=O)O)=C(COC(C)=O)CS[C@@H]12)c1nsc(N)n1. The third-order valence-electron chi connectivity index (χ3n) is 5.07. The summed E-state index contributed by atoms with van der Waals surface area (Å²) in [7, 11) is 0. The van der Waals surface area contributed by atoms with Gasteiger partial charge in [-0.15, -0.1) is 11.8 Å². The number of esters is 1. The fourth-order valence-corrected chi connectivity index (χ4v) is 5.25. The van der Waals surface area contributed by atoms with Gasteiger partial charge in [0.25, 0.3) is 11.8 Å². The summed E-state index contributed by atoms with van der Waals surface area (Å²) in [6.45, 7) is 3.09. The predicted octanol–water partition coefficient (Wildman–Crippen LogP) is 1.39. The number of nitrogens with two attached hydrogens (primary N) is 1. The monoisotopic (exact) mass is 495 g/mol. The molecule has 4 N–H and O–H groups in total. The Hall–Kier alpha value is -2.93. The van der Waals surface area contributed by atoms with Crippen molar-refractivity contribution in [3.8, 4) is 0 Å². The fourth-order valence-electron chi connectivity index (χ4n) is 3.47. The van der Waals surface area contributed by atoms with Crippen molar-refractivity contribution in [1.29, 1.82) is 0 Å². The zero-order chi connectivity index (χ0) is 24.1. The van der Waals surface area contributed by atoms with Crippen molar-refractivity contribution in [2.45, 2.75) is 50.9 Å². The van der Waals surface area contributed by atoms with Gasteiger partial charge in [-0.3, -0.25) is 19.3 Å². The van der Waals surface area contributed by atoms with Gasteiger partial charge in [0.15, 0.2) is 11.0 Å². The van der Waals surface area contributed by atoms with Crippen LogP contribution in [0.2, 0.25) is 0 Å². The molecule has 1 unspecified atom stereocenters. The van der Waals surface area contributed by atoms with Gasteiger partial charge in [-0.05, 0) is 12.8 Å². The van der Waals surface area contributed by atoms with Crippen molar-refractivity contribution >= 4 is 57.8 Å². The first-order chi connectivity index (χ1) is 15.7. The summed E-state index contributed by atoms with van der Waals surface area (Å²) in [5.74, 6) is -2.46. The van der Waals surface area contributed by atoms with Crippen LogP contribution >= 0.6 is 23.3 Å². The molecule has 2 atom stereocenters. The lowest BCUT2D eigenvalue weighted by Gasteiger charge is -2.49. The molecule has 0 bridgehead atoms. The molecule has 0 saturated carbocycles. The van der Waals surface area contributed by atoms with Gasteiger partial charge in [-0.1, -0.05) is 25.8 Å². The maximum atomic E-state index is 13.0. The number of hydrogen-bond acceptors (Lipinski definition) is 10. The van der Waals surface area contributed by atoms with E-state index in [-0.39, 0.29) is 34.6 Å². The molecule has 0 radical (unpaired) electrons. The van der Waals surface area contributed by atoms with Crippen molar-refractivity contribution in [3.63, 3.8) is 0 Å². The topological polar surface area (TPSA) is 165 Å². The number of nitrogen functional groups attached to an aromatic ring is 1. The average Bonchev–Trinajstić information content (AvgIpc) is 3.20.